The number of benzene rings is 1. The van der Waals surface area contributed by atoms with E-state index in [0.29, 0.717) is 24.5 Å². The van der Waals surface area contributed by atoms with Crippen molar-refractivity contribution in [1.82, 2.24) is 4.90 Å². The molecule has 1 saturated heterocycles. The third-order valence-electron chi connectivity index (χ3n) is 3.58. The lowest BCUT2D eigenvalue weighted by atomic mass is 10.2. The summed E-state index contributed by atoms with van der Waals surface area (Å²) in [7, 11) is 3.05. The average Bonchev–Trinajstić information content (AvgIpc) is 2.52. The molecule has 0 aromatic heterocycles. The molecule has 0 spiro atoms. The van der Waals surface area contributed by atoms with Crippen LogP contribution < -0.4 is 9.64 Å². The molecule has 1 amide bonds. The van der Waals surface area contributed by atoms with Gasteiger partial charge in [0.15, 0.2) is 0 Å². The van der Waals surface area contributed by atoms with Crippen molar-refractivity contribution in [3.63, 3.8) is 0 Å². The van der Waals surface area contributed by atoms with E-state index >= 15 is 0 Å². The van der Waals surface area contributed by atoms with Gasteiger partial charge in [0.2, 0.25) is 0 Å². The minimum atomic E-state index is -3.93. The smallest absolute Gasteiger partial charge is 0.274 e. The first-order valence-electron chi connectivity index (χ1n) is 6.78. The van der Waals surface area contributed by atoms with E-state index in [9.17, 15) is 13.2 Å². The molecule has 0 N–H and O–H groups in total. The number of amides is 1. The van der Waals surface area contributed by atoms with Crippen LogP contribution in [0.2, 0.25) is 0 Å². The third-order valence-corrected chi connectivity index (χ3v) is 5.43. The largest absolute Gasteiger partial charge is 0.497 e. The van der Waals surface area contributed by atoms with Gasteiger partial charge in [-0.3, -0.25) is 4.79 Å². The lowest BCUT2D eigenvalue weighted by molar-refractivity contribution is -0.130. The molecular formula is C13H14Cl4N2O4S. The van der Waals surface area contributed by atoms with E-state index in [4.69, 9.17) is 50.2 Å². The third kappa shape index (κ3) is 4.52. The maximum atomic E-state index is 12.0. The fraction of sp³-hybridized carbons (Fsp3) is 0.462. The van der Waals surface area contributed by atoms with Crippen molar-refractivity contribution in [1.29, 1.82) is 0 Å². The summed E-state index contributed by atoms with van der Waals surface area (Å²) in [4.78, 5) is 15.1. The van der Waals surface area contributed by atoms with Crippen LogP contribution in [0, 0.1) is 0 Å². The normalized spacial score (nSPS) is 16.2. The summed E-state index contributed by atoms with van der Waals surface area (Å²) in [6, 6.07) is 4.48. The first-order chi connectivity index (χ1) is 11.0. The van der Waals surface area contributed by atoms with Crippen molar-refractivity contribution in [3.05, 3.63) is 18.2 Å². The number of hydrogen-bond donors (Lipinski definition) is 0. The Morgan fingerprint density at radius 1 is 1.17 bits per heavy atom. The molecule has 134 valence electrons. The molecule has 6 nitrogen and oxygen atoms in total. The summed E-state index contributed by atoms with van der Waals surface area (Å²) in [5.41, 5.74) is 0.408. The molecule has 1 heterocycles. The molecule has 2 rings (SSSR count). The van der Waals surface area contributed by atoms with E-state index in [1.165, 1.54) is 24.1 Å². The van der Waals surface area contributed by atoms with Gasteiger partial charge >= 0.3 is 0 Å². The van der Waals surface area contributed by atoms with Crippen LogP contribution in [-0.4, -0.2) is 56.3 Å². The quantitative estimate of drug-likeness (QED) is 0.539. The fourth-order valence-corrected chi connectivity index (χ4v) is 3.83. The van der Waals surface area contributed by atoms with E-state index in [0.717, 1.165) is 0 Å². The van der Waals surface area contributed by atoms with Crippen molar-refractivity contribution in [2.45, 2.75) is 8.69 Å². The lowest BCUT2D eigenvalue weighted by Gasteiger charge is -2.37. The highest BCUT2D eigenvalue weighted by Gasteiger charge is 2.37. The summed E-state index contributed by atoms with van der Waals surface area (Å²) in [6.45, 7) is 1.29. The van der Waals surface area contributed by atoms with Gasteiger partial charge in [-0.05, 0) is 12.1 Å². The number of nitrogens with zero attached hydrogens (tertiary/aromatic N) is 2. The van der Waals surface area contributed by atoms with Gasteiger partial charge in [0.05, 0.1) is 12.8 Å². The molecular weight excluding hydrogens is 422 g/mol. The predicted molar refractivity (Wildman–Crippen MR) is 95.1 cm³/mol. The summed E-state index contributed by atoms with van der Waals surface area (Å²) in [5, 5.41) is 0. The molecule has 1 fully saturated rings. The maximum Gasteiger partial charge on any atom is 0.274 e. The van der Waals surface area contributed by atoms with Crippen molar-refractivity contribution < 1.29 is 17.9 Å². The zero-order valence-corrected chi connectivity index (χ0v) is 16.3. The highest BCUT2D eigenvalue weighted by atomic mass is 35.7. The first-order valence-corrected chi connectivity index (χ1v) is 10.2. The number of anilines is 1. The zero-order valence-electron chi connectivity index (χ0n) is 12.5. The van der Waals surface area contributed by atoms with E-state index in [1.54, 1.807) is 11.0 Å². The van der Waals surface area contributed by atoms with Crippen LogP contribution in [0.25, 0.3) is 0 Å². The van der Waals surface area contributed by atoms with Gasteiger partial charge in [-0.15, -0.1) is 0 Å². The molecule has 1 aliphatic rings. The van der Waals surface area contributed by atoms with Crippen LogP contribution in [0.4, 0.5) is 5.69 Å². The SMILES string of the molecule is COc1ccc(S(=O)(=O)Cl)c(N2CCN(C(=O)C(Cl)(Cl)Cl)CC2)c1. The molecule has 1 aromatic carbocycles. The van der Waals surface area contributed by atoms with Gasteiger partial charge in [0.1, 0.15) is 10.6 Å². The summed E-state index contributed by atoms with van der Waals surface area (Å²) >= 11 is 16.8. The molecule has 0 aliphatic carbocycles. The molecule has 0 bridgehead atoms. The second kappa shape index (κ2) is 7.33. The van der Waals surface area contributed by atoms with Crippen LogP contribution in [0.15, 0.2) is 23.1 Å². The monoisotopic (exact) mass is 434 g/mol. The summed E-state index contributed by atoms with van der Waals surface area (Å²) in [5.74, 6) is -0.114. The Labute approximate surface area is 159 Å². The lowest BCUT2D eigenvalue weighted by Crippen LogP contribution is -2.52. The molecule has 11 heteroatoms. The Morgan fingerprint density at radius 3 is 2.21 bits per heavy atom. The Balaban J connectivity index is 2.24. The average molecular weight is 436 g/mol. The van der Waals surface area contributed by atoms with Gasteiger partial charge in [0.25, 0.3) is 18.8 Å². The Kier molecular flexibility index (Phi) is 6.03. The van der Waals surface area contributed by atoms with Crippen LogP contribution in [0.3, 0.4) is 0 Å². The van der Waals surface area contributed by atoms with E-state index < -0.39 is 18.8 Å². The standard InChI is InChI=1S/C13H14Cl4N2O4S/c1-23-9-2-3-11(24(17,21)22)10(8-9)18-4-6-19(7-5-18)12(20)13(14,15)16/h2-3,8H,4-7H2,1H3. The summed E-state index contributed by atoms with van der Waals surface area (Å²) < 4.78 is 26.7. The number of hydrogen-bond acceptors (Lipinski definition) is 5. The van der Waals surface area contributed by atoms with Crippen LogP contribution in [-0.2, 0) is 13.8 Å². The maximum absolute atomic E-state index is 12.0. The Bertz CT molecular complexity index is 728. The van der Waals surface area contributed by atoms with Gasteiger partial charge in [0, 0.05) is 42.9 Å². The summed E-state index contributed by atoms with van der Waals surface area (Å²) in [6.07, 6.45) is 0. The molecule has 1 aromatic rings. The van der Waals surface area contributed by atoms with Crippen LogP contribution in [0.5, 0.6) is 5.75 Å². The number of alkyl halides is 3. The molecule has 0 saturated carbocycles. The second-order valence-electron chi connectivity index (χ2n) is 5.05. The van der Waals surface area contributed by atoms with Crippen LogP contribution in [0.1, 0.15) is 0 Å². The van der Waals surface area contributed by atoms with E-state index in [-0.39, 0.29) is 18.0 Å². The number of carbonyl (C=O) groups is 1. The van der Waals surface area contributed by atoms with E-state index in [1.807, 2.05) is 0 Å². The van der Waals surface area contributed by atoms with Gasteiger partial charge in [-0.2, -0.15) is 0 Å². The molecule has 24 heavy (non-hydrogen) atoms. The molecule has 1 aliphatic heterocycles. The van der Waals surface area contributed by atoms with Crippen molar-refractivity contribution in [3.8, 4) is 5.75 Å². The van der Waals surface area contributed by atoms with Crippen LogP contribution >= 0.6 is 45.5 Å². The van der Waals surface area contributed by atoms with Crippen molar-refractivity contribution in [2.75, 3.05) is 38.2 Å². The number of rotatable bonds is 3. The Morgan fingerprint density at radius 2 is 1.75 bits per heavy atom. The highest BCUT2D eigenvalue weighted by Crippen LogP contribution is 2.33. The number of methoxy groups -OCH3 is 1. The van der Waals surface area contributed by atoms with Gasteiger partial charge in [-0.25, -0.2) is 8.42 Å². The zero-order chi connectivity index (χ0) is 18.1. The van der Waals surface area contributed by atoms with Crippen molar-refractivity contribution >= 4 is 66.1 Å². The predicted octanol–water partition coefficient (Wildman–Crippen LogP) is 2.64. The van der Waals surface area contributed by atoms with Gasteiger partial charge < -0.3 is 14.5 Å². The Hall–Kier alpha value is -0.600. The van der Waals surface area contributed by atoms with Crippen molar-refractivity contribution in [2.24, 2.45) is 0 Å². The number of halogens is 4. The van der Waals surface area contributed by atoms with E-state index in [2.05, 4.69) is 0 Å². The molecule has 0 radical (unpaired) electrons. The minimum absolute atomic E-state index is 0.0221. The minimum Gasteiger partial charge on any atom is -0.497 e. The first kappa shape index (κ1) is 19.7. The highest BCUT2D eigenvalue weighted by molar-refractivity contribution is 8.13. The fourth-order valence-electron chi connectivity index (χ4n) is 2.41. The number of carbonyl (C=O) groups excluding carboxylic acids is 1. The topological polar surface area (TPSA) is 66.9 Å². The number of piperazine rings is 1. The van der Waals surface area contributed by atoms with Gasteiger partial charge in [-0.1, -0.05) is 34.8 Å². The molecule has 0 atom stereocenters. The molecule has 0 unspecified atom stereocenters. The second-order valence-corrected chi connectivity index (χ2v) is 9.86. The number of ether oxygens (including phenoxy) is 1.